The van der Waals surface area contributed by atoms with E-state index in [0.29, 0.717) is 16.7 Å². The molecule has 2 N–H and O–H groups in total. The normalized spacial score (nSPS) is 16.6. The van der Waals surface area contributed by atoms with Crippen molar-refractivity contribution in [2.45, 2.75) is 37.7 Å². The highest BCUT2D eigenvalue weighted by atomic mass is 19.3. The molecule has 0 atom stereocenters. The summed E-state index contributed by atoms with van der Waals surface area (Å²) in [6, 6.07) is 3.29. The first-order chi connectivity index (χ1) is 13.9. The average Bonchev–Trinajstić information content (AvgIpc) is 3.23. The Morgan fingerprint density at radius 1 is 1.28 bits per heavy atom. The molecule has 0 saturated heterocycles. The van der Waals surface area contributed by atoms with Gasteiger partial charge in [0.05, 0.1) is 11.7 Å². The van der Waals surface area contributed by atoms with Crippen LogP contribution >= 0.6 is 0 Å². The van der Waals surface area contributed by atoms with Crippen molar-refractivity contribution in [3.63, 3.8) is 0 Å². The first-order valence-corrected chi connectivity index (χ1v) is 9.11. The Morgan fingerprint density at radius 3 is 2.86 bits per heavy atom. The van der Waals surface area contributed by atoms with Crippen LogP contribution < -0.4 is 5.32 Å². The summed E-state index contributed by atoms with van der Waals surface area (Å²) < 4.78 is 53.1. The number of fused-ring (bicyclic) bond motifs is 2. The molecule has 4 heterocycles. The van der Waals surface area contributed by atoms with Crippen molar-refractivity contribution in [3.05, 3.63) is 42.5 Å². The third kappa shape index (κ3) is 3.28. The minimum absolute atomic E-state index is 0.226. The molecule has 0 spiro atoms. The summed E-state index contributed by atoms with van der Waals surface area (Å²) >= 11 is 0. The first-order valence-electron chi connectivity index (χ1n) is 9.11. The predicted molar refractivity (Wildman–Crippen MR) is 99.4 cm³/mol. The van der Waals surface area contributed by atoms with Crippen LogP contribution in [0, 0.1) is 0 Å². The molecular weight excluding hydrogens is 388 g/mol. The Morgan fingerprint density at radius 2 is 2.10 bits per heavy atom. The Kier molecular flexibility index (Phi) is 3.97. The average molecular weight is 404 g/mol. The lowest BCUT2D eigenvalue weighted by Gasteiger charge is -2.35. The Balaban J connectivity index is 1.46. The molecule has 0 amide bonds. The number of aromatic amines is 1. The van der Waals surface area contributed by atoms with Gasteiger partial charge in [-0.1, -0.05) is 0 Å². The van der Waals surface area contributed by atoms with Gasteiger partial charge in [0.15, 0.2) is 0 Å². The summed E-state index contributed by atoms with van der Waals surface area (Å²) in [5, 5.41) is 7.77. The van der Waals surface area contributed by atoms with Crippen LogP contribution in [-0.4, -0.2) is 43.0 Å². The molecule has 0 bridgehead atoms. The van der Waals surface area contributed by atoms with E-state index in [0.717, 1.165) is 16.5 Å². The summed E-state index contributed by atoms with van der Waals surface area (Å²) in [5.74, 6) is -2.33. The van der Waals surface area contributed by atoms with Crippen LogP contribution in [0.5, 0.6) is 0 Å². The maximum atomic E-state index is 13.0. The van der Waals surface area contributed by atoms with Crippen molar-refractivity contribution in [2.24, 2.45) is 0 Å². The van der Waals surface area contributed by atoms with Gasteiger partial charge in [-0.25, -0.2) is 27.1 Å². The van der Waals surface area contributed by atoms with Gasteiger partial charge in [-0.15, -0.1) is 0 Å². The van der Waals surface area contributed by atoms with Crippen molar-refractivity contribution < 1.29 is 17.6 Å². The molecule has 5 rings (SSSR count). The molecule has 0 radical (unpaired) electrons. The van der Waals surface area contributed by atoms with Crippen molar-refractivity contribution in [2.75, 3.05) is 5.32 Å². The molecule has 4 aromatic heterocycles. The minimum atomic E-state index is -2.61. The molecule has 6 nitrogen and oxygen atoms in total. The molecule has 4 aromatic rings. The highest BCUT2D eigenvalue weighted by Gasteiger charge is 2.45. The van der Waals surface area contributed by atoms with Gasteiger partial charge >= 0.3 is 0 Å². The highest BCUT2D eigenvalue weighted by molar-refractivity contribution is 5.94. The van der Waals surface area contributed by atoms with Gasteiger partial charge in [-0.05, 0) is 17.7 Å². The lowest BCUT2D eigenvalue weighted by atomic mass is 9.88. The largest absolute Gasteiger partial charge is 0.351 e. The molecule has 1 aliphatic carbocycles. The van der Waals surface area contributed by atoms with Gasteiger partial charge in [0.1, 0.15) is 5.65 Å². The van der Waals surface area contributed by atoms with Gasteiger partial charge < -0.3 is 10.3 Å². The van der Waals surface area contributed by atoms with E-state index in [1.807, 2.05) is 6.07 Å². The molecule has 0 aromatic carbocycles. The zero-order valence-electron chi connectivity index (χ0n) is 15.0. The third-order valence-electron chi connectivity index (χ3n) is 5.14. The van der Waals surface area contributed by atoms with E-state index < -0.39 is 12.3 Å². The number of hydrogen-bond acceptors (Lipinski definition) is 4. The van der Waals surface area contributed by atoms with Gasteiger partial charge in [-0.3, -0.25) is 0 Å². The summed E-state index contributed by atoms with van der Waals surface area (Å²) in [5.41, 5.74) is 3.27. The van der Waals surface area contributed by atoms with E-state index in [2.05, 4.69) is 25.4 Å². The van der Waals surface area contributed by atoms with Crippen LogP contribution in [0.3, 0.4) is 0 Å². The van der Waals surface area contributed by atoms with Gasteiger partial charge in [0.2, 0.25) is 12.4 Å². The summed E-state index contributed by atoms with van der Waals surface area (Å²) in [7, 11) is 0. The zero-order chi connectivity index (χ0) is 20.2. The van der Waals surface area contributed by atoms with Crippen LogP contribution in [0.4, 0.5) is 23.5 Å². The number of hydrogen-bond donors (Lipinski definition) is 2. The smallest absolute Gasteiger partial charge is 0.252 e. The quantitative estimate of drug-likeness (QED) is 0.487. The van der Waals surface area contributed by atoms with E-state index in [-0.39, 0.29) is 31.3 Å². The monoisotopic (exact) mass is 404 g/mol. The minimum Gasteiger partial charge on any atom is -0.351 e. The van der Waals surface area contributed by atoms with Gasteiger partial charge in [-0.2, -0.15) is 10.1 Å². The molecule has 150 valence electrons. The van der Waals surface area contributed by atoms with Crippen LogP contribution in [-0.2, 0) is 6.42 Å². The standard InChI is InChI=1S/C19H16F4N6/c20-16(21)4-11-7-26-29-2-1-10(3-15(11)29)13-8-24-17-14(13)9-25-18(28-17)27-12-5-19(22,23)6-12/h1-3,7-9,12,16H,4-6H2,(H2,24,25,27,28). The number of anilines is 1. The molecule has 1 saturated carbocycles. The first kappa shape index (κ1) is 17.9. The molecule has 0 unspecified atom stereocenters. The second-order valence-electron chi connectivity index (χ2n) is 7.27. The second kappa shape index (κ2) is 6.43. The fourth-order valence-corrected chi connectivity index (χ4v) is 3.68. The number of nitrogens with one attached hydrogen (secondary N) is 2. The maximum absolute atomic E-state index is 13.0. The topological polar surface area (TPSA) is 70.9 Å². The number of nitrogens with zero attached hydrogens (tertiary/aromatic N) is 4. The van der Waals surface area contributed by atoms with Crippen LogP contribution in [0.2, 0.25) is 0 Å². The Labute approximate surface area is 162 Å². The third-order valence-corrected chi connectivity index (χ3v) is 5.14. The number of halogens is 4. The summed E-state index contributed by atoms with van der Waals surface area (Å²) in [6.07, 6.45) is 3.28. The van der Waals surface area contributed by atoms with Crippen LogP contribution in [0.25, 0.3) is 27.7 Å². The number of pyridine rings is 1. The van der Waals surface area contributed by atoms with Gasteiger partial charge in [0, 0.05) is 60.4 Å². The molecule has 1 fully saturated rings. The number of aromatic nitrogens is 5. The SMILES string of the molecule is FC(F)Cc1cnn2ccc(-c3c[nH]c4nc(NC5CC(F)(F)C5)ncc34)cc12. The lowest BCUT2D eigenvalue weighted by molar-refractivity contribution is -0.0794. The molecular formula is C19H16F4N6. The van der Waals surface area contributed by atoms with E-state index in [4.69, 9.17) is 0 Å². The van der Waals surface area contributed by atoms with Crippen molar-refractivity contribution >= 4 is 22.5 Å². The second-order valence-corrected chi connectivity index (χ2v) is 7.27. The Bertz CT molecular complexity index is 1190. The molecule has 0 aliphatic heterocycles. The fourth-order valence-electron chi connectivity index (χ4n) is 3.68. The van der Waals surface area contributed by atoms with E-state index in [9.17, 15) is 17.6 Å². The van der Waals surface area contributed by atoms with E-state index >= 15 is 0 Å². The highest BCUT2D eigenvalue weighted by Crippen LogP contribution is 2.39. The summed E-state index contributed by atoms with van der Waals surface area (Å²) in [6.45, 7) is 0. The fraction of sp³-hybridized carbons (Fsp3) is 0.316. The Hall–Kier alpha value is -3.17. The zero-order valence-corrected chi connectivity index (χ0v) is 15.0. The number of alkyl halides is 4. The molecule has 10 heteroatoms. The predicted octanol–water partition coefficient (Wildman–Crippen LogP) is 4.29. The van der Waals surface area contributed by atoms with E-state index in [1.54, 1.807) is 29.2 Å². The number of rotatable bonds is 5. The van der Waals surface area contributed by atoms with Crippen molar-refractivity contribution in [1.29, 1.82) is 0 Å². The van der Waals surface area contributed by atoms with Gasteiger partial charge in [0.25, 0.3) is 5.92 Å². The summed E-state index contributed by atoms with van der Waals surface area (Å²) in [4.78, 5) is 11.7. The van der Waals surface area contributed by atoms with E-state index in [1.165, 1.54) is 6.20 Å². The molecule has 1 aliphatic rings. The maximum Gasteiger partial charge on any atom is 0.252 e. The van der Waals surface area contributed by atoms with Crippen molar-refractivity contribution in [3.8, 4) is 11.1 Å². The number of H-pyrrole nitrogens is 1. The lowest BCUT2D eigenvalue weighted by Crippen LogP contribution is -2.44. The molecule has 29 heavy (non-hydrogen) atoms. The van der Waals surface area contributed by atoms with Crippen LogP contribution in [0.1, 0.15) is 18.4 Å². The van der Waals surface area contributed by atoms with Crippen LogP contribution in [0.15, 0.2) is 36.9 Å². The van der Waals surface area contributed by atoms with Crippen molar-refractivity contribution in [1.82, 2.24) is 24.6 Å².